The van der Waals surface area contributed by atoms with Gasteiger partial charge in [0.05, 0.1) is 0 Å². The predicted octanol–water partition coefficient (Wildman–Crippen LogP) is 1.64. The third-order valence-corrected chi connectivity index (χ3v) is 4.54. The lowest BCUT2D eigenvalue weighted by molar-refractivity contribution is -0.155. The van der Waals surface area contributed by atoms with Crippen molar-refractivity contribution in [1.82, 2.24) is 0 Å². The molecule has 3 heteroatoms. The summed E-state index contributed by atoms with van der Waals surface area (Å²) in [7, 11) is -1.08. The van der Waals surface area contributed by atoms with Gasteiger partial charge in [-0.05, 0) is 5.41 Å². The molecule has 12 heavy (non-hydrogen) atoms. The summed E-state index contributed by atoms with van der Waals surface area (Å²) in [6, 6.07) is 0. The minimum Gasteiger partial charge on any atom is -0.369 e. The van der Waals surface area contributed by atoms with Crippen LogP contribution in [0.3, 0.4) is 0 Å². The van der Waals surface area contributed by atoms with Crippen LogP contribution in [0.4, 0.5) is 0 Å². The number of aliphatic hydroxyl groups is 2. The van der Waals surface area contributed by atoms with Crippen LogP contribution in [0.1, 0.15) is 27.7 Å². The SMILES string of the molecule is CC(C(C)(C)C)C(O)(O)[Si](C)C. The molecule has 0 aliphatic carbocycles. The fraction of sp³-hybridized carbons (Fsp3) is 1.00. The second-order valence-corrected chi connectivity index (χ2v) is 7.55. The lowest BCUT2D eigenvalue weighted by Gasteiger charge is -2.39. The van der Waals surface area contributed by atoms with Crippen LogP contribution in [0.25, 0.3) is 0 Å². The minimum absolute atomic E-state index is 0.0502. The predicted molar refractivity (Wildman–Crippen MR) is 53.3 cm³/mol. The van der Waals surface area contributed by atoms with Crippen molar-refractivity contribution in [2.45, 2.75) is 46.2 Å². The summed E-state index contributed by atoms with van der Waals surface area (Å²) < 4.78 is 0. The summed E-state index contributed by atoms with van der Waals surface area (Å²) >= 11 is 0. The van der Waals surface area contributed by atoms with E-state index in [1.54, 1.807) is 0 Å². The van der Waals surface area contributed by atoms with Crippen LogP contribution in [-0.4, -0.2) is 24.4 Å². The third-order valence-electron chi connectivity index (χ3n) is 2.64. The van der Waals surface area contributed by atoms with Crippen molar-refractivity contribution in [2.24, 2.45) is 11.3 Å². The zero-order chi connectivity index (χ0) is 10.2. The van der Waals surface area contributed by atoms with Crippen molar-refractivity contribution in [3.8, 4) is 0 Å². The third kappa shape index (κ3) is 2.57. The minimum atomic E-state index is -1.46. The highest BCUT2D eigenvalue weighted by Crippen LogP contribution is 2.34. The van der Waals surface area contributed by atoms with E-state index < -0.39 is 14.2 Å². The molecule has 0 bridgehead atoms. The van der Waals surface area contributed by atoms with Gasteiger partial charge < -0.3 is 10.2 Å². The van der Waals surface area contributed by atoms with Crippen LogP contribution in [0, 0.1) is 11.3 Å². The van der Waals surface area contributed by atoms with E-state index in [1.807, 2.05) is 40.8 Å². The van der Waals surface area contributed by atoms with Gasteiger partial charge in [0.25, 0.3) is 0 Å². The van der Waals surface area contributed by atoms with Gasteiger partial charge >= 0.3 is 0 Å². The van der Waals surface area contributed by atoms with Crippen molar-refractivity contribution in [1.29, 1.82) is 0 Å². The molecule has 0 heterocycles. The molecule has 1 atom stereocenters. The van der Waals surface area contributed by atoms with Crippen molar-refractivity contribution < 1.29 is 10.2 Å². The number of hydrogen-bond acceptors (Lipinski definition) is 2. The Kier molecular flexibility index (Phi) is 3.52. The molecular weight excluding hydrogens is 168 g/mol. The Hall–Kier alpha value is 0.137. The van der Waals surface area contributed by atoms with Crippen LogP contribution in [0.15, 0.2) is 0 Å². The molecule has 0 amide bonds. The monoisotopic (exact) mass is 189 g/mol. The fourth-order valence-corrected chi connectivity index (χ4v) is 2.34. The van der Waals surface area contributed by atoms with Crippen LogP contribution in [0.2, 0.25) is 13.1 Å². The van der Waals surface area contributed by atoms with Gasteiger partial charge in [0.2, 0.25) is 0 Å². The zero-order valence-electron chi connectivity index (χ0n) is 8.97. The van der Waals surface area contributed by atoms with Crippen molar-refractivity contribution in [3.63, 3.8) is 0 Å². The molecule has 0 saturated carbocycles. The first-order valence-corrected chi connectivity index (χ1v) is 6.85. The lowest BCUT2D eigenvalue weighted by Crippen LogP contribution is -2.52. The largest absolute Gasteiger partial charge is 0.369 e. The highest BCUT2D eigenvalue weighted by atomic mass is 28.3. The van der Waals surface area contributed by atoms with Crippen LogP contribution in [0.5, 0.6) is 0 Å². The van der Waals surface area contributed by atoms with Crippen molar-refractivity contribution >= 4 is 8.80 Å². The second kappa shape index (κ2) is 3.48. The molecular formula is C9H21O2Si. The first kappa shape index (κ1) is 12.1. The lowest BCUT2D eigenvalue weighted by atomic mass is 9.81. The Morgan fingerprint density at radius 1 is 1.08 bits per heavy atom. The molecule has 0 aromatic heterocycles. The van der Waals surface area contributed by atoms with E-state index >= 15 is 0 Å². The molecule has 2 nitrogen and oxygen atoms in total. The van der Waals surface area contributed by atoms with Gasteiger partial charge in [-0.25, -0.2) is 0 Å². The Balaban J connectivity index is 4.57. The topological polar surface area (TPSA) is 40.5 Å². The molecule has 0 rings (SSSR count). The molecule has 1 unspecified atom stereocenters. The second-order valence-electron chi connectivity index (χ2n) is 4.81. The normalized spacial score (nSPS) is 16.8. The smallest absolute Gasteiger partial charge is 0.145 e. The van der Waals surface area contributed by atoms with Crippen LogP contribution >= 0.6 is 0 Å². The summed E-state index contributed by atoms with van der Waals surface area (Å²) in [5.74, 6) is -0.0890. The Bertz CT molecular complexity index is 147. The molecule has 0 spiro atoms. The number of rotatable bonds is 2. The van der Waals surface area contributed by atoms with E-state index in [-0.39, 0.29) is 11.3 Å². The summed E-state index contributed by atoms with van der Waals surface area (Å²) in [6.07, 6.45) is 0. The van der Waals surface area contributed by atoms with Gasteiger partial charge in [0, 0.05) is 5.92 Å². The van der Waals surface area contributed by atoms with Crippen LogP contribution < -0.4 is 0 Å². The maximum absolute atomic E-state index is 9.80. The van der Waals surface area contributed by atoms with Crippen LogP contribution in [-0.2, 0) is 0 Å². The van der Waals surface area contributed by atoms with Gasteiger partial charge in [0.1, 0.15) is 14.2 Å². The van der Waals surface area contributed by atoms with E-state index in [0.717, 1.165) is 0 Å². The van der Waals surface area contributed by atoms with E-state index in [4.69, 9.17) is 0 Å². The van der Waals surface area contributed by atoms with Gasteiger partial charge in [-0.3, -0.25) is 0 Å². The van der Waals surface area contributed by atoms with Gasteiger partial charge in [-0.2, -0.15) is 0 Å². The van der Waals surface area contributed by atoms with E-state index in [2.05, 4.69) is 0 Å². The van der Waals surface area contributed by atoms with E-state index in [9.17, 15) is 10.2 Å². The summed E-state index contributed by atoms with van der Waals surface area (Å²) in [5, 5.41) is 19.6. The molecule has 0 aliphatic heterocycles. The van der Waals surface area contributed by atoms with Crippen molar-refractivity contribution in [3.05, 3.63) is 0 Å². The standard InChI is InChI=1S/C9H21O2Si/c1-7(8(2,3)4)9(10,11)12(5)6/h7,10-11H,1-6H3. The first-order valence-electron chi connectivity index (χ1n) is 4.35. The van der Waals surface area contributed by atoms with E-state index in [0.29, 0.717) is 0 Å². The zero-order valence-corrected chi connectivity index (χ0v) is 9.97. The highest BCUT2D eigenvalue weighted by molar-refractivity contribution is 6.58. The van der Waals surface area contributed by atoms with Gasteiger partial charge in [-0.15, -0.1) is 0 Å². The highest BCUT2D eigenvalue weighted by Gasteiger charge is 2.41. The molecule has 2 N–H and O–H groups in total. The first-order chi connectivity index (χ1) is 5.10. The molecule has 0 aromatic rings. The average Bonchev–Trinajstić information content (AvgIpc) is 1.83. The van der Waals surface area contributed by atoms with Gasteiger partial charge in [-0.1, -0.05) is 40.8 Å². The summed E-state index contributed by atoms with van der Waals surface area (Å²) in [6.45, 7) is 11.8. The van der Waals surface area contributed by atoms with Gasteiger partial charge in [0.15, 0.2) is 0 Å². The number of hydrogen-bond donors (Lipinski definition) is 2. The molecule has 0 saturated heterocycles. The summed E-state index contributed by atoms with van der Waals surface area (Å²) in [4.78, 5) is 0. The summed E-state index contributed by atoms with van der Waals surface area (Å²) in [5.41, 5.74) is -1.51. The molecule has 0 aliphatic rings. The molecule has 0 fully saturated rings. The Labute approximate surface area is 77.2 Å². The quantitative estimate of drug-likeness (QED) is 0.512. The Morgan fingerprint density at radius 2 is 1.42 bits per heavy atom. The van der Waals surface area contributed by atoms with E-state index in [1.165, 1.54) is 0 Å². The Morgan fingerprint density at radius 3 is 1.50 bits per heavy atom. The molecule has 1 radical (unpaired) electrons. The maximum atomic E-state index is 9.80. The fourth-order valence-electron chi connectivity index (χ4n) is 1.04. The average molecular weight is 189 g/mol. The maximum Gasteiger partial charge on any atom is 0.145 e. The van der Waals surface area contributed by atoms with Crippen molar-refractivity contribution in [2.75, 3.05) is 0 Å². The molecule has 73 valence electrons. The molecule has 0 aromatic carbocycles.